The van der Waals surface area contributed by atoms with Gasteiger partial charge in [0.05, 0.1) is 16.6 Å². The van der Waals surface area contributed by atoms with Crippen LogP contribution in [0.15, 0.2) is 40.2 Å². The highest BCUT2D eigenvalue weighted by molar-refractivity contribution is 9.10. The van der Waals surface area contributed by atoms with E-state index in [9.17, 15) is 15.4 Å². The molecule has 0 spiro atoms. The van der Waals surface area contributed by atoms with Gasteiger partial charge in [-0.15, -0.1) is 11.3 Å². The molecule has 0 bridgehead atoms. The molecule has 0 fully saturated rings. The summed E-state index contributed by atoms with van der Waals surface area (Å²) in [6, 6.07) is 10.0. The molecule has 19 heavy (non-hydrogen) atoms. The van der Waals surface area contributed by atoms with E-state index in [0.29, 0.717) is 11.1 Å². The van der Waals surface area contributed by atoms with Crippen LogP contribution in [0, 0.1) is 21.4 Å². The van der Waals surface area contributed by atoms with Crippen molar-refractivity contribution < 1.29 is 4.92 Å². The van der Waals surface area contributed by atoms with Gasteiger partial charge in [0.25, 0.3) is 5.69 Å². The van der Waals surface area contributed by atoms with Gasteiger partial charge in [-0.05, 0) is 33.6 Å². The van der Waals surface area contributed by atoms with Gasteiger partial charge in [0.1, 0.15) is 0 Å². The predicted molar refractivity (Wildman–Crippen MR) is 78.6 cm³/mol. The molecule has 4 nitrogen and oxygen atoms in total. The van der Waals surface area contributed by atoms with Crippen molar-refractivity contribution in [3.63, 3.8) is 0 Å². The highest BCUT2D eigenvalue weighted by Gasteiger charge is 2.09. The molecule has 0 aliphatic carbocycles. The van der Waals surface area contributed by atoms with E-state index in [2.05, 4.69) is 22.0 Å². The van der Waals surface area contributed by atoms with E-state index < -0.39 is 4.92 Å². The summed E-state index contributed by atoms with van der Waals surface area (Å²) in [5.74, 6) is 0. The van der Waals surface area contributed by atoms with Crippen LogP contribution in [-0.4, -0.2) is 4.92 Å². The number of benzene rings is 1. The zero-order chi connectivity index (χ0) is 13.8. The van der Waals surface area contributed by atoms with Gasteiger partial charge in [-0.2, -0.15) is 5.26 Å². The lowest BCUT2D eigenvalue weighted by molar-refractivity contribution is -0.384. The average Bonchev–Trinajstić information content (AvgIpc) is 2.81. The highest BCUT2D eigenvalue weighted by Crippen LogP contribution is 2.26. The van der Waals surface area contributed by atoms with Gasteiger partial charge in [0, 0.05) is 26.9 Å². The number of nitro benzene ring substituents is 1. The van der Waals surface area contributed by atoms with Crippen molar-refractivity contribution in [2.45, 2.75) is 0 Å². The van der Waals surface area contributed by atoms with Crippen LogP contribution in [0.25, 0.3) is 11.6 Å². The van der Waals surface area contributed by atoms with E-state index in [1.807, 2.05) is 11.4 Å². The molecule has 6 heteroatoms. The zero-order valence-electron chi connectivity index (χ0n) is 9.54. The second-order valence-electron chi connectivity index (χ2n) is 3.64. The number of thiophene rings is 1. The van der Waals surface area contributed by atoms with Crippen molar-refractivity contribution in [1.29, 1.82) is 5.26 Å². The van der Waals surface area contributed by atoms with Gasteiger partial charge in [-0.3, -0.25) is 10.1 Å². The maximum atomic E-state index is 10.7. The summed E-state index contributed by atoms with van der Waals surface area (Å²) in [6.45, 7) is 0. The molecule has 0 unspecified atom stereocenters. The molecule has 0 atom stereocenters. The van der Waals surface area contributed by atoms with E-state index in [-0.39, 0.29) is 5.69 Å². The van der Waals surface area contributed by atoms with Crippen LogP contribution in [0.3, 0.4) is 0 Å². The normalized spacial score (nSPS) is 11.1. The number of hydrogen-bond acceptors (Lipinski definition) is 4. The third-order valence-electron chi connectivity index (χ3n) is 2.36. The molecule has 1 aromatic heterocycles. The molecule has 2 aromatic rings. The zero-order valence-corrected chi connectivity index (χ0v) is 11.9. The molecule has 2 rings (SSSR count). The molecule has 0 saturated heterocycles. The monoisotopic (exact) mass is 334 g/mol. The van der Waals surface area contributed by atoms with Crippen LogP contribution < -0.4 is 0 Å². The van der Waals surface area contributed by atoms with E-state index in [1.165, 1.54) is 23.5 Å². The molecular weight excluding hydrogens is 328 g/mol. The molecule has 1 heterocycles. The fourth-order valence-corrected chi connectivity index (χ4v) is 2.89. The van der Waals surface area contributed by atoms with Crippen LogP contribution >= 0.6 is 27.3 Å². The van der Waals surface area contributed by atoms with Crippen LogP contribution in [0.1, 0.15) is 10.4 Å². The Labute approximate surface area is 121 Å². The van der Waals surface area contributed by atoms with E-state index in [0.717, 1.165) is 9.35 Å². The Morgan fingerprint density at radius 1 is 1.47 bits per heavy atom. The topological polar surface area (TPSA) is 66.9 Å². The van der Waals surface area contributed by atoms with Gasteiger partial charge >= 0.3 is 0 Å². The minimum atomic E-state index is -0.472. The van der Waals surface area contributed by atoms with Gasteiger partial charge in [0.15, 0.2) is 0 Å². The molecule has 0 aliphatic heterocycles. The third kappa shape index (κ3) is 3.28. The fourth-order valence-electron chi connectivity index (χ4n) is 1.51. The highest BCUT2D eigenvalue weighted by atomic mass is 79.9. The number of rotatable bonds is 3. The number of hydrogen-bond donors (Lipinski definition) is 0. The first kappa shape index (κ1) is 13.5. The summed E-state index contributed by atoms with van der Waals surface area (Å²) in [5.41, 5.74) is 0.922. The Hall–Kier alpha value is -1.97. The molecule has 0 aliphatic rings. The number of nitrogens with zero attached hydrogens (tertiary/aromatic N) is 2. The Morgan fingerprint density at radius 3 is 2.84 bits per heavy atom. The molecule has 94 valence electrons. The Morgan fingerprint density at radius 2 is 2.26 bits per heavy atom. The molecular formula is C13H7BrN2O2S. The smallest absolute Gasteiger partial charge is 0.258 e. The molecule has 0 radical (unpaired) electrons. The molecule has 0 amide bonds. The molecule has 0 N–H and O–H groups in total. The van der Waals surface area contributed by atoms with Crippen molar-refractivity contribution >= 4 is 44.6 Å². The van der Waals surface area contributed by atoms with Gasteiger partial charge in [-0.25, -0.2) is 0 Å². The summed E-state index contributed by atoms with van der Waals surface area (Å²) in [4.78, 5) is 11.2. The maximum Gasteiger partial charge on any atom is 0.270 e. The summed E-state index contributed by atoms with van der Waals surface area (Å²) in [6.07, 6.45) is 1.72. The second-order valence-corrected chi connectivity index (χ2v) is 5.50. The van der Waals surface area contributed by atoms with Gasteiger partial charge < -0.3 is 0 Å². The summed E-state index contributed by atoms with van der Waals surface area (Å²) >= 11 is 4.83. The van der Waals surface area contributed by atoms with Crippen molar-refractivity contribution in [2.75, 3.05) is 0 Å². The maximum absolute atomic E-state index is 10.7. The Bertz CT molecular complexity index is 701. The van der Waals surface area contributed by atoms with Crippen molar-refractivity contribution in [3.8, 4) is 6.07 Å². The standard InChI is InChI=1S/C13H7BrN2O2S/c14-11-6-13(19-8-11)5-10(7-15)9-2-1-3-12(4-9)16(17)18/h1-6,8H. The van der Waals surface area contributed by atoms with E-state index >= 15 is 0 Å². The van der Waals surface area contributed by atoms with Crippen LogP contribution in [0.2, 0.25) is 0 Å². The van der Waals surface area contributed by atoms with E-state index in [4.69, 9.17) is 0 Å². The van der Waals surface area contributed by atoms with Crippen molar-refractivity contribution in [3.05, 3.63) is 60.7 Å². The number of nitriles is 1. The van der Waals surface area contributed by atoms with Gasteiger partial charge in [-0.1, -0.05) is 12.1 Å². The minimum Gasteiger partial charge on any atom is -0.258 e. The quantitative estimate of drug-likeness (QED) is 0.472. The fraction of sp³-hybridized carbons (Fsp3) is 0. The first-order valence-electron chi connectivity index (χ1n) is 5.21. The first-order valence-corrected chi connectivity index (χ1v) is 6.88. The number of nitro groups is 1. The van der Waals surface area contributed by atoms with Crippen LogP contribution in [0.4, 0.5) is 5.69 Å². The number of non-ortho nitro benzene ring substituents is 1. The Balaban J connectivity index is 2.43. The second kappa shape index (κ2) is 5.78. The lowest BCUT2D eigenvalue weighted by Crippen LogP contribution is -1.89. The van der Waals surface area contributed by atoms with Gasteiger partial charge in [0.2, 0.25) is 0 Å². The lowest BCUT2D eigenvalue weighted by atomic mass is 10.1. The Kier molecular flexibility index (Phi) is 4.10. The van der Waals surface area contributed by atoms with E-state index in [1.54, 1.807) is 18.2 Å². The summed E-state index contributed by atoms with van der Waals surface area (Å²) in [5, 5.41) is 21.8. The van der Waals surface area contributed by atoms with Crippen molar-refractivity contribution in [2.24, 2.45) is 0 Å². The predicted octanol–water partition coefficient (Wildman–Crippen LogP) is 4.48. The minimum absolute atomic E-state index is 0.0222. The number of allylic oxidation sites excluding steroid dienone is 1. The summed E-state index contributed by atoms with van der Waals surface area (Å²) < 4.78 is 0.945. The van der Waals surface area contributed by atoms with Crippen LogP contribution in [-0.2, 0) is 0 Å². The first-order chi connectivity index (χ1) is 9.10. The third-order valence-corrected chi connectivity index (χ3v) is 4.00. The largest absolute Gasteiger partial charge is 0.270 e. The molecule has 0 saturated carbocycles. The molecule has 1 aromatic carbocycles. The number of halogens is 1. The average molecular weight is 335 g/mol. The summed E-state index contributed by atoms with van der Waals surface area (Å²) in [7, 11) is 0. The SMILES string of the molecule is N#CC(=Cc1cc(Br)cs1)c1cccc([N+](=O)[O-])c1. The lowest BCUT2D eigenvalue weighted by Gasteiger charge is -1.98. The van der Waals surface area contributed by atoms with Crippen LogP contribution in [0.5, 0.6) is 0 Å². The van der Waals surface area contributed by atoms with Crippen molar-refractivity contribution in [1.82, 2.24) is 0 Å².